The van der Waals surface area contributed by atoms with Gasteiger partial charge in [-0.1, -0.05) is 12.1 Å². The Labute approximate surface area is 168 Å². The van der Waals surface area contributed by atoms with Gasteiger partial charge in [-0.2, -0.15) is 0 Å². The van der Waals surface area contributed by atoms with Gasteiger partial charge in [0.05, 0.1) is 10.2 Å². The Morgan fingerprint density at radius 2 is 1.93 bits per heavy atom. The first kappa shape index (κ1) is 18.6. The smallest absolute Gasteiger partial charge is 0.280 e. The summed E-state index contributed by atoms with van der Waals surface area (Å²) in [6, 6.07) is 9.77. The topological polar surface area (TPSA) is 83.0 Å². The van der Waals surface area contributed by atoms with Crippen LogP contribution in [0.15, 0.2) is 30.3 Å². The standard InChI is InChI=1S/C20H24N6OS/c1-14-23-17(13-18(24-14)26-11-5-2-6-12-26)21-9-10-22-19(27)20-25-15-7-3-4-8-16(15)28-20/h3-4,7-8,13H,2,5-6,9-12H2,1H3,(H,22,27)(H,21,23,24). The fourth-order valence-corrected chi connectivity index (χ4v) is 4.22. The molecule has 0 spiro atoms. The van der Waals surface area contributed by atoms with E-state index in [0.717, 1.165) is 40.8 Å². The summed E-state index contributed by atoms with van der Waals surface area (Å²) in [6.45, 7) is 5.10. The number of piperidine rings is 1. The van der Waals surface area contributed by atoms with Crippen molar-refractivity contribution in [1.82, 2.24) is 20.3 Å². The van der Waals surface area contributed by atoms with Gasteiger partial charge in [-0.15, -0.1) is 11.3 Å². The van der Waals surface area contributed by atoms with E-state index in [1.165, 1.54) is 30.6 Å². The second-order valence-corrected chi connectivity index (χ2v) is 7.91. The van der Waals surface area contributed by atoms with Crippen molar-refractivity contribution in [2.45, 2.75) is 26.2 Å². The van der Waals surface area contributed by atoms with E-state index in [0.29, 0.717) is 18.1 Å². The monoisotopic (exact) mass is 396 g/mol. The quantitative estimate of drug-likeness (QED) is 0.623. The van der Waals surface area contributed by atoms with E-state index in [9.17, 15) is 4.79 Å². The molecule has 8 heteroatoms. The fraction of sp³-hybridized carbons (Fsp3) is 0.400. The molecule has 2 aromatic heterocycles. The number of rotatable bonds is 6. The zero-order valence-electron chi connectivity index (χ0n) is 15.9. The second kappa shape index (κ2) is 8.52. The summed E-state index contributed by atoms with van der Waals surface area (Å²) in [5.74, 6) is 2.38. The van der Waals surface area contributed by atoms with Crippen molar-refractivity contribution in [2.75, 3.05) is 36.4 Å². The van der Waals surface area contributed by atoms with Gasteiger partial charge in [0.15, 0.2) is 5.01 Å². The summed E-state index contributed by atoms with van der Waals surface area (Å²) in [5, 5.41) is 6.70. The molecule has 2 N–H and O–H groups in total. The summed E-state index contributed by atoms with van der Waals surface area (Å²) in [7, 11) is 0. The third-order valence-corrected chi connectivity index (χ3v) is 5.74. The molecule has 1 aromatic carbocycles. The summed E-state index contributed by atoms with van der Waals surface area (Å²) < 4.78 is 1.02. The molecule has 0 bridgehead atoms. The molecule has 28 heavy (non-hydrogen) atoms. The first-order valence-corrected chi connectivity index (χ1v) is 10.5. The third kappa shape index (κ3) is 4.39. The van der Waals surface area contributed by atoms with Crippen molar-refractivity contribution in [3.63, 3.8) is 0 Å². The number of nitrogens with zero attached hydrogens (tertiary/aromatic N) is 4. The minimum absolute atomic E-state index is 0.143. The Balaban J connectivity index is 1.31. The van der Waals surface area contributed by atoms with Crippen molar-refractivity contribution in [1.29, 1.82) is 0 Å². The molecular formula is C20H24N6OS. The molecule has 0 atom stereocenters. The van der Waals surface area contributed by atoms with Crippen LogP contribution in [0.2, 0.25) is 0 Å². The molecule has 146 valence electrons. The maximum absolute atomic E-state index is 12.3. The van der Waals surface area contributed by atoms with Gasteiger partial charge in [0, 0.05) is 32.2 Å². The molecule has 3 aromatic rings. The van der Waals surface area contributed by atoms with Crippen LogP contribution in [0.1, 0.15) is 34.9 Å². The molecule has 1 amide bonds. The lowest BCUT2D eigenvalue weighted by molar-refractivity contribution is 0.0955. The molecule has 3 heterocycles. The van der Waals surface area contributed by atoms with Crippen molar-refractivity contribution in [2.24, 2.45) is 0 Å². The number of carbonyl (C=O) groups excluding carboxylic acids is 1. The first-order valence-electron chi connectivity index (χ1n) is 9.67. The van der Waals surface area contributed by atoms with E-state index < -0.39 is 0 Å². The number of carbonyl (C=O) groups is 1. The normalized spacial score (nSPS) is 14.2. The Morgan fingerprint density at radius 3 is 2.75 bits per heavy atom. The Bertz CT molecular complexity index is 933. The molecule has 1 aliphatic rings. The van der Waals surface area contributed by atoms with Gasteiger partial charge < -0.3 is 15.5 Å². The minimum atomic E-state index is -0.143. The molecule has 0 radical (unpaired) electrons. The first-order chi connectivity index (χ1) is 13.7. The summed E-state index contributed by atoms with van der Waals surface area (Å²) in [5.41, 5.74) is 0.859. The maximum Gasteiger partial charge on any atom is 0.280 e. The van der Waals surface area contributed by atoms with Gasteiger partial charge >= 0.3 is 0 Å². The largest absolute Gasteiger partial charge is 0.368 e. The molecule has 1 aliphatic heterocycles. The van der Waals surface area contributed by atoms with E-state index in [-0.39, 0.29) is 5.91 Å². The fourth-order valence-electron chi connectivity index (χ4n) is 3.34. The number of nitrogens with one attached hydrogen (secondary N) is 2. The molecule has 4 rings (SSSR count). The number of anilines is 2. The van der Waals surface area contributed by atoms with Crippen molar-refractivity contribution < 1.29 is 4.79 Å². The number of aryl methyl sites for hydroxylation is 1. The van der Waals surface area contributed by atoms with E-state index in [2.05, 4.69) is 30.5 Å². The minimum Gasteiger partial charge on any atom is -0.368 e. The number of aromatic nitrogens is 3. The summed E-state index contributed by atoms with van der Waals surface area (Å²) in [4.78, 5) is 28.1. The molecule has 7 nitrogen and oxygen atoms in total. The summed E-state index contributed by atoms with van der Waals surface area (Å²) >= 11 is 1.41. The van der Waals surface area contributed by atoms with Gasteiger partial charge in [0.2, 0.25) is 0 Å². The van der Waals surface area contributed by atoms with Crippen LogP contribution >= 0.6 is 11.3 Å². The predicted octanol–water partition coefficient (Wildman–Crippen LogP) is 3.23. The third-order valence-electron chi connectivity index (χ3n) is 4.71. The Kier molecular flexibility index (Phi) is 5.66. The van der Waals surface area contributed by atoms with Crippen molar-refractivity contribution in [3.8, 4) is 0 Å². The molecule has 0 saturated carbocycles. The number of hydrogen-bond donors (Lipinski definition) is 2. The highest BCUT2D eigenvalue weighted by molar-refractivity contribution is 7.20. The van der Waals surface area contributed by atoms with E-state index in [1.54, 1.807) is 0 Å². The van der Waals surface area contributed by atoms with Crippen LogP contribution in [0.4, 0.5) is 11.6 Å². The number of amides is 1. The van der Waals surface area contributed by atoms with Gasteiger partial charge in [-0.25, -0.2) is 15.0 Å². The number of hydrogen-bond acceptors (Lipinski definition) is 7. The predicted molar refractivity (Wildman–Crippen MR) is 113 cm³/mol. The molecular weight excluding hydrogens is 372 g/mol. The molecule has 1 fully saturated rings. The van der Waals surface area contributed by atoms with Gasteiger partial charge in [0.25, 0.3) is 5.91 Å². The highest BCUT2D eigenvalue weighted by Crippen LogP contribution is 2.22. The maximum atomic E-state index is 12.3. The Hall–Kier alpha value is -2.74. The van der Waals surface area contributed by atoms with Gasteiger partial charge in [-0.3, -0.25) is 4.79 Å². The van der Waals surface area contributed by atoms with Crippen LogP contribution < -0.4 is 15.5 Å². The lowest BCUT2D eigenvalue weighted by Crippen LogP contribution is -2.31. The SMILES string of the molecule is Cc1nc(NCCNC(=O)c2nc3ccccc3s2)cc(N2CCCCC2)n1. The van der Waals surface area contributed by atoms with Crippen LogP contribution in [-0.2, 0) is 0 Å². The molecule has 0 unspecified atom stereocenters. The number of para-hydroxylation sites is 1. The lowest BCUT2D eigenvalue weighted by Gasteiger charge is -2.28. The number of thiazole rings is 1. The van der Waals surface area contributed by atoms with E-state index >= 15 is 0 Å². The highest BCUT2D eigenvalue weighted by atomic mass is 32.1. The van der Waals surface area contributed by atoms with Crippen LogP contribution in [-0.4, -0.2) is 47.0 Å². The highest BCUT2D eigenvalue weighted by Gasteiger charge is 2.14. The number of fused-ring (bicyclic) bond motifs is 1. The zero-order valence-corrected chi connectivity index (χ0v) is 16.8. The lowest BCUT2D eigenvalue weighted by atomic mass is 10.1. The van der Waals surface area contributed by atoms with E-state index in [1.807, 2.05) is 37.3 Å². The van der Waals surface area contributed by atoms with Crippen molar-refractivity contribution >= 4 is 39.1 Å². The van der Waals surface area contributed by atoms with Crippen LogP contribution in [0.5, 0.6) is 0 Å². The zero-order chi connectivity index (χ0) is 19.3. The van der Waals surface area contributed by atoms with Gasteiger partial charge in [-0.05, 0) is 38.3 Å². The molecule has 0 aliphatic carbocycles. The average Bonchev–Trinajstić information content (AvgIpc) is 3.16. The van der Waals surface area contributed by atoms with Crippen LogP contribution in [0.25, 0.3) is 10.2 Å². The molecule has 1 saturated heterocycles. The van der Waals surface area contributed by atoms with Crippen molar-refractivity contribution in [3.05, 3.63) is 41.2 Å². The van der Waals surface area contributed by atoms with Gasteiger partial charge in [0.1, 0.15) is 17.5 Å². The average molecular weight is 397 g/mol. The van der Waals surface area contributed by atoms with E-state index in [4.69, 9.17) is 0 Å². The van der Waals surface area contributed by atoms with Crippen LogP contribution in [0, 0.1) is 6.92 Å². The number of benzene rings is 1. The second-order valence-electron chi connectivity index (χ2n) is 6.88. The summed E-state index contributed by atoms with van der Waals surface area (Å²) in [6.07, 6.45) is 3.72. The van der Waals surface area contributed by atoms with Crippen LogP contribution in [0.3, 0.4) is 0 Å². The Morgan fingerprint density at radius 1 is 1.11 bits per heavy atom.